The lowest BCUT2D eigenvalue weighted by molar-refractivity contribution is -0.130. The average Bonchev–Trinajstić information content (AvgIpc) is 3.29. The largest absolute Gasteiger partial charge is 0.441 e. The van der Waals surface area contributed by atoms with E-state index in [4.69, 9.17) is 9.68 Å². The Labute approximate surface area is 170 Å². The molecule has 0 aliphatic carbocycles. The molecular formula is C22H27FN4O2. The second-order valence-corrected chi connectivity index (χ2v) is 8.27. The SMILES string of the molecule is Cc1cc(-c2nc(CC(C)(C)NCC(=O)N3CCCC3C#N)c(C)o2)ccc1F. The quantitative estimate of drug-likeness (QED) is 0.805. The molecule has 2 heterocycles. The number of nitrogens with one attached hydrogen (secondary N) is 1. The van der Waals surface area contributed by atoms with Crippen LogP contribution in [-0.2, 0) is 11.2 Å². The van der Waals surface area contributed by atoms with E-state index in [9.17, 15) is 9.18 Å². The predicted molar refractivity (Wildman–Crippen MR) is 108 cm³/mol. The van der Waals surface area contributed by atoms with Gasteiger partial charge in [-0.2, -0.15) is 5.26 Å². The lowest BCUT2D eigenvalue weighted by atomic mass is 9.97. The molecule has 154 valence electrons. The first-order valence-electron chi connectivity index (χ1n) is 9.87. The van der Waals surface area contributed by atoms with Crippen LogP contribution in [0.3, 0.4) is 0 Å². The van der Waals surface area contributed by atoms with Crippen molar-refractivity contribution in [2.75, 3.05) is 13.1 Å². The van der Waals surface area contributed by atoms with Crippen molar-refractivity contribution < 1.29 is 13.6 Å². The molecule has 3 rings (SSSR count). The number of hydrogen-bond acceptors (Lipinski definition) is 5. The predicted octanol–water partition coefficient (Wildman–Crippen LogP) is 3.52. The maximum atomic E-state index is 13.5. The van der Waals surface area contributed by atoms with Crippen molar-refractivity contribution in [2.45, 2.75) is 58.5 Å². The summed E-state index contributed by atoms with van der Waals surface area (Å²) in [6.45, 7) is 8.37. The van der Waals surface area contributed by atoms with Crippen LogP contribution >= 0.6 is 0 Å². The number of amides is 1. The molecule has 1 amide bonds. The van der Waals surface area contributed by atoms with Gasteiger partial charge in [0.1, 0.15) is 17.6 Å². The molecule has 29 heavy (non-hydrogen) atoms. The van der Waals surface area contributed by atoms with Crippen LogP contribution in [0.5, 0.6) is 0 Å². The van der Waals surface area contributed by atoms with Gasteiger partial charge in [-0.15, -0.1) is 0 Å². The van der Waals surface area contributed by atoms with Crippen molar-refractivity contribution >= 4 is 5.91 Å². The van der Waals surface area contributed by atoms with E-state index in [1.54, 1.807) is 24.0 Å². The summed E-state index contributed by atoms with van der Waals surface area (Å²) < 4.78 is 19.3. The van der Waals surface area contributed by atoms with Gasteiger partial charge in [0, 0.05) is 24.1 Å². The number of oxazole rings is 1. The van der Waals surface area contributed by atoms with Crippen LogP contribution in [0.2, 0.25) is 0 Å². The number of nitriles is 1. The van der Waals surface area contributed by atoms with Crippen LogP contribution in [0.4, 0.5) is 4.39 Å². The van der Waals surface area contributed by atoms with Gasteiger partial charge in [-0.3, -0.25) is 4.79 Å². The Bertz CT molecular complexity index is 945. The number of nitrogens with zero attached hydrogens (tertiary/aromatic N) is 3. The molecule has 1 N–H and O–H groups in total. The molecule has 1 aromatic heterocycles. The van der Waals surface area contributed by atoms with Gasteiger partial charge in [0.2, 0.25) is 11.8 Å². The summed E-state index contributed by atoms with van der Waals surface area (Å²) in [5.74, 6) is 0.846. The van der Waals surface area contributed by atoms with Gasteiger partial charge >= 0.3 is 0 Å². The first-order chi connectivity index (χ1) is 13.7. The van der Waals surface area contributed by atoms with E-state index in [2.05, 4.69) is 16.4 Å². The first-order valence-corrected chi connectivity index (χ1v) is 9.87. The smallest absolute Gasteiger partial charge is 0.237 e. The number of carbonyl (C=O) groups excluding carboxylic acids is 1. The molecule has 1 unspecified atom stereocenters. The second kappa shape index (κ2) is 8.34. The molecule has 1 aliphatic rings. The van der Waals surface area contributed by atoms with Crippen LogP contribution < -0.4 is 5.32 Å². The van der Waals surface area contributed by atoms with Crippen LogP contribution in [0.25, 0.3) is 11.5 Å². The summed E-state index contributed by atoms with van der Waals surface area (Å²) in [5.41, 5.74) is 1.67. The molecule has 6 nitrogen and oxygen atoms in total. The summed E-state index contributed by atoms with van der Waals surface area (Å²) in [7, 11) is 0. The highest BCUT2D eigenvalue weighted by molar-refractivity contribution is 5.79. The lowest BCUT2D eigenvalue weighted by Crippen LogP contribution is -2.48. The fourth-order valence-corrected chi connectivity index (χ4v) is 3.59. The highest BCUT2D eigenvalue weighted by Crippen LogP contribution is 2.26. The Kier molecular flexibility index (Phi) is 6.04. The highest BCUT2D eigenvalue weighted by Gasteiger charge is 2.30. The zero-order valence-electron chi connectivity index (χ0n) is 17.4. The van der Waals surface area contributed by atoms with Crippen molar-refractivity contribution in [3.63, 3.8) is 0 Å². The standard InChI is InChI=1S/C22H27FN4O2/c1-14-10-16(7-8-18(14)23)21-26-19(15(2)29-21)11-22(3,4)25-13-20(28)27-9-5-6-17(27)12-24/h7-8,10,17,25H,5-6,9,11,13H2,1-4H3. The molecule has 0 bridgehead atoms. The lowest BCUT2D eigenvalue weighted by Gasteiger charge is -2.27. The molecule has 1 atom stereocenters. The third kappa shape index (κ3) is 4.83. The van der Waals surface area contributed by atoms with Gasteiger partial charge in [-0.05, 0) is 64.3 Å². The third-order valence-corrected chi connectivity index (χ3v) is 5.35. The van der Waals surface area contributed by atoms with Crippen molar-refractivity contribution in [2.24, 2.45) is 0 Å². The summed E-state index contributed by atoms with van der Waals surface area (Å²) in [6, 6.07) is 6.66. The van der Waals surface area contributed by atoms with E-state index in [-0.39, 0.29) is 24.3 Å². The number of hydrogen-bond donors (Lipinski definition) is 1. The molecule has 2 aromatic rings. The van der Waals surface area contributed by atoms with E-state index in [0.717, 1.165) is 24.1 Å². The van der Waals surface area contributed by atoms with Crippen molar-refractivity contribution in [3.8, 4) is 17.5 Å². The highest BCUT2D eigenvalue weighted by atomic mass is 19.1. The number of rotatable bonds is 6. The summed E-state index contributed by atoms with van der Waals surface area (Å²) in [4.78, 5) is 18.7. The van der Waals surface area contributed by atoms with Gasteiger partial charge in [0.15, 0.2) is 0 Å². The van der Waals surface area contributed by atoms with E-state index in [1.807, 2.05) is 20.8 Å². The fourth-order valence-electron chi connectivity index (χ4n) is 3.59. The summed E-state index contributed by atoms with van der Waals surface area (Å²) >= 11 is 0. The molecule has 1 aliphatic heterocycles. The Morgan fingerprint density at radius 1 is 1.45 bits per heavy atom. The van der Waals surface area contributed by atoms with E-state index in [1.165, 1.54) is 6.07 Å². The maximum absolute atomic E-state index is 13.5. The Morgan fingerprint density at radius 2 is 2.21 bits per heavy atom. The second-order valence-electron chi connectivity index (χ2n) is 8.27. The number of carbonyl (C=O) groups is 1. The number of benzene rings is 1. The zero-order chi connectivity index (χ0) is 21.2. The normalized spacial score (nSPS) is 16.8. The van der Waals surface area contributed by atoms with Crippen LogP contribution in [0.1, 0.15) is 43.7 Å². The van der Waals surface area contributed by atoms with Crippen LogP contribution in [-0.4, -0.2) is 40.5 Å². The fraction of sp³-hybridized carbons (Fsp3) is 0.500. The molecule has 0 spiro atoms. The summed E-state index contributed by atoms with van der Waals surface area (Å²) in [6.07, 6.45) is 2.18. The average molecular weight is 398 g/mol. The minimum Gasteiger partial charge on any atom is -0.441 e. The van der Waals surface area contributed by atoms with Gasteiger partial charge in [-0.1, -0.05) is 0 Å². The third-order valence-electron chi connectivity index (χ3n) is 5.35. The minimum atomic E-state index is -0.394. The maximum Gasteiger partial charge on any atom is 0.237 e. The van der Waals surface area contributed by atoms with Crippen molar-refractivity contribution in [1.29, 1.82) is 5.26 Å². The van der Waals surface area contributed by atoms with Gasteiger partial charge in [0.25, 0.3) is 0 Å². The van der Waals surface area contributed by atoms with Crippen molar-refractivity contribution in [1.82, 2.24) is 15.2 Å². The van der Waals surface area contributed by atoms with E-state index >= 15 is 0 Å². The Balaban J connectivity index is 1.65. The van der Waals surface area contributed by atoms with Crippen LogP contribution in [0, 0.1) is 31.0 Å². The van der Waals surface area contributed by atoms with Crippen LogP contribution in [0.15, 0.2) is 22.6 Å². The first kappa shape index (κ1) is 21.0. The Hall–Kier alpha value is -2.72. The van der Waals surface area contributed by atoms with Gasteiger partial charge in [0.05, 0.1) is 18.3 Å². The van der Waals surface area contributed by atoms with E-state index in [0.29, 0.717) is 30.2 Å². The molecule has 1 aromatic carbocycles. The molecular weight excluding hydrogens is 371 g/mol. The monoisotopic (exact) mass is 398 g/mol. The Morgan fingerprint density at radius 3 is 2.90 bits per heavy atom. The van der Waals surface area contributed by atoms with Gasteiger partial charge in [-0.25, -0.2) is 9.37 Å². The number of aryl methyl sites for hydroxylation is 2. The number of aromatic nitrogens is 1. The molecule has 1 fully saturated rings. The number of halogens is 1. The van der Waals surface area contributed by atoms with Crippen molar-refractivity contribution in [3.05, 3.63) is 41.0 Å². The number of likely N-dealkylation sites (tertiary alicyclic amines) is 1. The van der Waals surface area contributed by atoms with Gasteiger partial charge < -0.3 is 14.6 Å². The molecule has 0 radical (unpaired) electrons. The topological polar surface area (TPSA) is 82.2 Å². The molecule has 1 saturated heterocycles. The van der Waals surface area contributed by atoms with E-state index < -0.39 is 5.54 Å². The molecule has 7 heteroatoms. The summed E-state index contributed by atoms with van der Waals surface area (Å²) in [5, 5.41) is 12.5. The zero-order valence-corrected chi connectivity index (χ0v) is 17.4. The minimum absolute atomic E-state index is 0.0542. The molecule has 0 saturated carbocycles.